The summed E-state index contributed by atoms with van der Waals surface area (Å²) in [4.78, 5) is 4.67. The Hall–Kier alpha value is -1.81. The van der Waals surface area contributed by atoms with E-state index in [4.69, 9.17) is 10.6 Å². The summed E-state index contributed by atoms with van der Waals surface area (Å²) in [5, 5.41) is 1.01. The molecule has 3 N–H and O–H groups in total. The molecule has 2 rings (SSSR count). The Morgan fingerprint density at radius 2 is 2.11 bits per heavy atom. The Morgan fingerprint density at radius 3 is 2.74 bits per heavy atom. The van der Waals surface area contributed by atoms with E-state index in [1.54, 1.807) is 0 Å². The summed E-state index contributed by atoms with van der Waals surface area (Å²) in [6.07, 6.45) is 1.89. The number of hydrogen-bond acceptors (Lipinski definition) is 4. The van der Waals surface area contributed by atoms with Gasteiger partial charge in [-0.1, -0.05) is 13.8 Å². The van der Waals surface area contributed by atoms with Gasteiger partial charge in [-0.05, 0) is 43.5 Å². The topological polar surface area (TPSA) is 60.2 Å². The summed E-state index contributed by atoms with van der Waals surface area (Å²) in [5.74, 6) is 6.53. The fourth-order valence-corrected chi connectivity index (χ4v) is 2.23. The SMILES string of the molecule is CCCOc1ccc2nc(CC)c(C)c(NN)c2c1. The number of ether oxygens (including phenoxy) is 1. The van der Waals surface area contributed by atoms with E-state index >= 15 is 0 Å². The summed E-state index contributed by atoms with van der Waals surface area (Å²) in [7, 11) is 0. The van der Waals surface area contributed by atoms with Crippen LogP contribution in [0.4, 0.5) is 5.69 Å². The second-order valence-corrected chi connectivity index (χ2v) is 4.58. The fourth-order valence-electron chi connectivity index (χ4n) is 2.23. The van der Waals surface area contributed by atoms with Crippen molar-refractivity contribution in [3.05, 3.63) is 29.5 Å². The van der Waals surface area contributed by atoms with Crippen LogP contribution < -0.4 is 16.0 Å². The monoisotopic (exact) mass is 259 g/mol. The van der Waals surface area contributed by atoms with Crippen LogP contribution in [-0.2, 0) is 6.42 Å². The maximum Gasteiger partial charge on any atom is 0.120 e. The number of rotatable bonds is 5. The smallest absolute Gasteiger partial charge is 0.120 e. The van der Waals surface area contributed by atoms with Gasteiger partial charge in [-0.25, -0.2) is 0 Å². The van der Waals surface area contributed by atoms with Crippen molar-refractivity contribution in [3.63, 3.8) is 0 Å². The molecule has 0 bridgehead atoms. The molecule has 19 heavy (non-hydrogen) atoms. The molecule has 1 aromatic carbocycles. The first-order valence-electron chi connectivity index (χ1n) is 6.73. The van der Waals surface area contributed by atoms with Crippen molar-refractivity contribution in [1.82, 2.24) is 4.98 Å². The van der Waals surface area contributed by atoms with Gasteiger partial charge >= 0.3 is 0 Å². The molecule has 0 aliphatic rings. The molecule has 1 heterocycles. The number of aryl methyl sites for hydroxylation is 1. The molecular formula is C15H21N3O. The Kier molecular flexibility index (Phi) is 4.22. The number of anilines is 1. The van der Waals surface area contributed by atoms with Gasteiger partial charge in [0.25, 0.3) is 0 Å². The number of aromatic nitrogens is 1. The molecule has 0 atom stereocenters. The number of benzene rings is 1. The Labute approximate surface area is 113 Å². The first kappa shape index (κ1) is 13.6. The lowest BCUT2D eigenvalue weighted by Gasteiger charge is -2.14. The molecule has 0 radical (unpaired) electrons. The van der Waals surface area contributed by atoms with E-state index in [-0.39, 0.29) is 0 Å². The van der Waals surface area contributed by atoms with Crippen LogP contribution in [-0.4, -0.2) is 11.6 Å². The summed E-state index contributed by atoms with van der Waals surface area (Å²) >= 11 is 0. The van der Waals surface area contributed by atoms with Crippen molar-refractivity contribution < 1.29 is 4.74 Å². The quantitative estimate of drug-likeness (QED) is 0.639. The van der Waals surface area contributed by atoms with Crippen LogP contribution >= 0.6 is 0 Å². The minimum Gasteiger partial charge on any atom is -0.494 e. The zero-order valence-corrected chi connectivity index (χ0v) is 11.8. The first-order valence-corrected chi connectivity index (χ1v) is 6.73. The van der Waals surface area contributed by atoms with Crippen molar-refractivity contribution in [3.8, 4) is 5.75 Å². The van der Waals surface area contributed by atoms with Gasteiger partial charge in [-0.3, -0.25) is 10.8 Å². The van der Waals surface area contributed by atoms with Crippen LogP contribution in [0.2, 0.25) is 0 Å². The van der Waals surface area contributed by atoms with E-state index in [1.807, 2.05) is 25.1 Å². The molecule has 1 aromatic heterocycles. The van der Waals surface area contributed by atoms with Gasteiger partial charge in [-0.15, -0.1) is 0 Å². The van der Waals surface area contributed by atoms with Gasteiger partial charge in [-0.2, -0.15) is 0 Å². The molecule has 102 valence electrons. The number of nitrogens with zero attached hydrogens (tertiary/aromatic N) is 1. The second kappa shape index (κ2) is 5.89. The Bertz CT molecular complexity index is 581. The van der Waals surface area contributed by atoms with E-state index in [0.29, 0.717) is 0 Å². The van der Waals surface area contributed by atoms with E-state index in [1.165, 1.54) is 0 Å². The molecule has 0 spiro atoms. The molecule has 0 aliphatic carbocycles. The molecule has 0 saturated heterocycles. The molecule has 0 unspecified atom stereocenters. The zero-order chi connectivity index (χ0) is 13.8. The average molecular weight is 259 g/mol. The lowest BCUT2D eigenvalue weighted by molar-refractivity contribution is 0.318. The van der Waals surface area contributed by atoms with Crippen molar-refractivity contribution in [2.45, 2.75) is 33.6 Å². The number of pyridine rings is 1. The third kappa shape index (κ3) is 2.63. The lowest BCUT2D eigenvalue weighted by atomic mass is 10.1. The molecule has 0 amide bonds. The molecular weight excluding hydrogens is 238 g/mol. The molecule has 0 aliphatic heterocycles. The normalized spacial score (nSPS) is 10.7. The maximum absolute atomic E-state index is 5.67. The number of hydrogen-bond donors (Lipinski definition) is 2. The predicted octanol–water partition coefficient (Wildman–Crippen LogP) is 3.18. The summed E-state index contributed by atoms with van der Waals surface area (Å²) in [6, 6.07) is 5.94. The van der Waals surface area contributed by atoms with Crippen LogP contribution in [0.3, 0.4) is 0 Å². The summed E-state index contributed by atoms with van der Waals surface area (Å²) in [6.45, 7) is 6.95. The van der Waals surface area contributed by atoms with Crippen LogP contribution in [0.15, 0.2) is 18.2 Å². The highest BCUT2D eigenvalue weighted by molar-refractivity contribution is 5.94. The van der Waals surface area contributed by atoms with E-state index in [9.17, 15) is 0 Å². The van der Waals surface area contributed by atoms with E-state index < -0.39 is 0 Å². The second-order valence-electron chi connectivity index (χ2n) is 4.58. The lowest BCUT2D eigenvalue weighted by Crippen LogP contribution is -2.11. The predicted molar refractivity (Wildman–Crippen MR) is 79.5 cm³/mol. The first-order chi connectivity index (χ1) is 9.21. The van der Waals surface area contributed by atoms with Crippen molar-refractivity contribution in [1.29, 1.82) is 0 Å². The van der Waals surface area contributed by atoms with Crippen LogP contribution in [0.25, 0.3) is 10.9 Å². The highest BCUT2D eigenvalue weighted by Crippen LogP contribution is 2.30. The molecule has 4 nitrogen and oxygen atoms in total. The summed E-state index contributed by atoms with van der Waals surface area (Å²) < 4.78 is 5.66. The number of nitrogens with two attached hydrogens (primary N) is 1. The van der Waals surface area contributed by atoms with E-state index in [0.717, 1.165) is 53.0 Å². The van der Waals surface area contributed by atoms with Gasteiger partial charge in [0.05, 0.1) is 17.8 Å². The highest BCUT2D eigenvalue weighted by atomic mass is 16.5. The largest absolute Gasteiger partial charge is 0.494 e. The average Bonchev–Trinajstić information content (AvgIpc) is 2.44. The molecule has 0 saturated carbocycles. The number of nitrogen functional groups attached to an aromatic ring is 1. The minimum atomic E-state index is 0.719. The third-order valence-corrected chi connectivity index (χ3v) is 3.25. The highest BCUT2D eigenvalue weighted by Gasteiger charge is 2.10. The van der Waals surface area contributed by atoms with Gasteiger partial charge < -0.3 is 10.2 Å². The van der Waals surface area contributed by atoms with Crippen molar-refractivity contribution >= 4 is 16.6 Å². The molecule has 0 fully saturated rings. The Morgan fingerprint density at radius 1 is 1.32 bits per heavy atom. The number of fused-ring (bicyclic) bond motifs is 1. The van der Waals surface area contributed by atoms with Gasteiger partial charge in [0.1, 0.15) is 5.75 Å². The summed E-state index contributed by atoms with van der Waals surface area (Å²) in [5.41, 5.74) is 6.85. The standard InChI is InChI=1S/C15H21N3O/c1-4-8-19-11-6-7-14-12(9-11)15(18-16)10(3)13(5-2)17-14/h6-7,9H,4-5,8,16H2,1-3H3,(H,17,18). The van der Waals surface area contributed by atoms with Gasteiger partial charge in [0.2, 0.25) is 0 Å². The molecule has 4 heteroatoms. The fraction of sp³-hybridized carbons (Fsp3) is 0.400. The third-order valence-electron chi connectivity index (χ3n) is 3.25. The minimum absolute atomic E-state index is 0.719. The molecule has 2 aromatic rings. The number of hydrazine groups is 1. The van der Waals surface area contributed by atoms with Crippen molar-refractivity contribution in [2.75, 3.05) is 12.0 Å². The van der Waals surface area contributed by atoms with E-state index in [2.05, 4.69) is 24.3 Å². The van der Waals surface area contributed by atoms with Gasteiger partial charge in [0.15, 0.2) is 0 Å². The van der Waals surface area contributed by atoms with Gasteiger partial charge in [0, 0.05) is 11.1 Å². The Balaban J connectivity index is 2.57. The van der Waals surface area contributed by atoms with Crippen molar-refractivity contribution in [2.24, 2.45) is 5.84 Å². The van der Waals surface area contributed by atoms with Crippen LogP contribution in [0.1, 0.15) is 31.5 Å². The maximum atomic E-state index is 5.67. The zero-order valence-electron chi connectivity index (χ0n) is 11.8. The number of nitrogens with one attached hydrogen (secondary N) is 1. The van der Waals surface area contributed by atoms with Crippen LogP contribution in [0.5, 0.6) is 5.75 Å². The van der Waals surface area contributed by atoms with Crippen LogP contribution in [0, 0.1) is 6.92 Å².